The van der Waals surface area contributed by atoms with Crippen LogP contribution in [0, 0.1) is 0 Å². The second-order valence-corrected chi connectivity index (χ2v) is 7.93. The third kappa shape index (κ3) is 4.24. The van der Waals surface area contributed by atoms with Gasteiger partial charge in [0.15, 0.2) is 0 Å². The van der Waals surface area contributed by atoms with E-state index < -0.39 is 0 Å². The zero-order valence-corrected chi connectivity index (χ0v) is 16.9. The summed E-state index contributed by atoms with van der Waals surface area (Å²) in [6.07, 6.45) is 1.67. The molecule has 0 heterocycles. The van der Waals surface area contributed by atoms with Gasteiger partial charge in [0.2, 0.25) is 0 Å². The van der Waals surface area contributed by atoms with Crippen molar-refractivity contribution in [1.82, 2.24) is 0 Å². The first-order valence-electron chi connectivity index (χ1n) is 7.64. The molecule has 122 valence electrons. The molecule has 23 heavy (non-hydrogen) atoms. The molecule has 0 radical (unpaired) electrons. The van der Waals surface area contributed by atoms with Gasteiger partial charge in [0.05, 0.1) is 5.69 Å². The van der Waals surface area contributed by atoms with E-state index in [0.717, 1.165) is 10.2 Å². The summed E-state index contributed by atoms with van der Waals surface area (Å²) in [6, 6.07) is 9.85. The van der Waals surface area contributed by atoms with E-state index >= 15 is 0 Å². The van der Waals surface area contributed by atoms with Crippen LogP contribution in [-0.2, 0) is 0 Å². The van der Waals surface area contributed by atoms with Crippen molar-refractivity contribution in [2.75, 3.05) is 0 Å². The Morgan fingerprint density at radius 3 is 2.09 bits per heavy atom. The molecule has 0 amide bonds. The molecule has 0 aliphatic heterocycles. The summed E-state index contributed by atoms with van der Waals surface area (Å²) in [5, 5.41) is 12.2. The average molecular weight is 438 g/mol. The molecule has 0 saturated carbocycles. The smallest absolute Gasteiger partial charge is 0.0699 e. The highest BCUT2D eigenvalue weighted by molar-refractivity contribution is 9.11. The van der Waals surface area contributed by atoms with Gasteiger partial charge in [0, 0.05) is 15.2 Å². The highest BCUT2D eigenvalue weighted by Gasteiger charge is 2.12. The van der Waals surface area contributed by atoms with Crippen LogP contribution >= 0.6 is 31.9 Å². The van der Waals surface area contributed by atoms with Gasteiger partial charge in [-0.1, -0.05) is 83.5 Å². The van der Waals surface area contributed by atoms with E-state index in [0.29, 0.717) is 21.9 Å². The predicted octanol–water partition coefficient (Wildman–Crippen LogP) is 6.28. The molecule has 4 heteroatoms. The van der Waals surface area contributed by atoms with Crippen LogP contribution in [0.15, 0.2) is 44.3 Å². The van der Waals surface area contributed by atoms with Gasteiger partial charge < -0.3 is 5.11 Å². The SMILES string of the molecule is CC(C)c1cccc(C(C)C)c1N=Cc1cc(Br)cc(Br)c1[O-]. The second-order valence-electron chi connectivity index (χ2n) is 6.16. The first-order valence-corrected chi connectivity index (χ1v) is 9.22. The molecule has 2 aromatic carbocycles. The first-order chi connectivity index (χ1) is 10.8. The van der Waals surface area contributed by atoms with Crippen LogP contribution in [0.5, 0.6) is 5.75 Å². The maximum atomic E-state index is 12.2. The second kappa shape index (κ2) is 7.63. The lowest BCUT2D eigenvalue weighted by Gasteiger charge is -2.17. The number of halogens is 2. The number of rotatable bonds is 4. The van der Waals surface area contributed by atoms with Crippen LogP contribution in [0.2, 0.25) is 0 Å². The molecule has 0 aliphatic rings. The zero-order valence-electron chi connectivity index (χ0n) is 13.7. The van der Waals surface area contributed by atoms with Crippen LogP contribution in [0.4, 0.5) is 5.69 Å². The van der Waals surface area contributed by atoms with Gasteiger partial charge in [-0.2, -0.15) is 0 Å². The van der Waals surface area contributed by atoms with Crippen molar-refractivity contribution in [3.8, 4) is 5.75 Å². The minimum Gasteiger partial charge on any atom is -0.871 e. The van der Waals surface area contributed by atoms with Crippen LogP contribution in [0.25, 0.3) is 0 Å². The van der Waals surface area contributed by atoms with Gasteiger partial charge in [-0.3, -0.25) is 4.99 Å². The quantitative estimate of drug-likeness (QED) is 0.518. The Labute approximate surface area is 154 Å². The molecule has 0 saturated heterocycles. The Morgan fingerprint density at radius 2 is 1.57 bits per heavy atom. The summed E-state index contributed by atoms with van der Waals surface area (Å²) >= 11 is 6.71. The van der Waals surface area contributed by atoms with E-state index in [2.05, 4.69) is 77.8 Å². The van der Waals surface area contributed by atoms with Gasteiger partial charge in [-0.05, 0) is 40.7 Å². The molecule has 0 unspecified atom stereocenters. The Bertz CT molecular complexity index is 710. The topological polar surface area (TPSA) is 35.4 Å². The Kier molecular flexibility index (Phi) is 6.04. The number of hydrogen-bond acceptors (Lipinski definition) is 2. The van der Waals surface area contributed by atoms with Gasteiger partial charge in [0.25, 0.3) is 0 Å². The van der Waals surface area contributed by atoms with Crippen molar-refractivity contribution in [3.63, 3.8) is 0 Å². The molecular formula is C19H20Br2NO-. The van der Waals surface area contributed by atoms with Crippen molar-refractivity contribution in [3.05, 3.63) is 56.0 Å². The monoisotopic (exact) mass is 436 g/mol. The van der Waals surface area contributed by atoms with Crippen LogP contribution < -0.4 is 5.11 Å². The fourth-order valence-corrected chi connectivity index (χ4v) is 3.73. The van der Waals surface area contributed by atoms with Gasteiger partial charge >= 0.3 is 0 Å². The minimum absolute atomic E-state index is 0.0509. The maximum Gasteiger partial charge on any atom is 0.0699 e. The van der Waals surface area contributed by atoms with E-state index in [9.17, 15) is 5.11 Å². The number of aliphatic imine (C=N–C) groups is 1. The summed E-state index contributed by atoms with van der Waals surface area (Å²) in [5.74, 6) is 0.703. The minimum atomic E-state index is -0.0509. The van der Waals surface area contributed by atoms with Crippen LogP contribution in [0.3, 0.4) is 0 Å². The first kappa shape index (κ1) is 18.2. The average Bonchev–Trinajstić information content (AvgIpc) is 2.48. The van der Waals surface area contributed by atoms with E-state index in [-0.39, 0.29) is 5.75 Å². The molecule has 2 aromatic rings. The van der Waals surface area contributed by atoms with Crippen molar-refractivity contribution < 1.29 is 5.11 Å². The molecular weight excluding hydrogens is 418 g/mol. The van der Waals surface area contributed by atoms with E-state index in [1.165, 1.54) is 11.1 Å². The Balaban J connectivity index is 2.55. The van der Waals surface area contributed by atoms with Gasteiger partial charge in [-0.15, -0.1) is 0 Å². The van der Waals surface area contributed by atoms with E-state index in [1.54, 1.807) is 18.3 Å². The largest absolute Gasteiger partial charge is 0.871 e. The molecule has 2 nitrogen and oxygen atoms in total. The fourth-order valence-electron chi connectivity index (χ4n) is 2.47. The maximum absolute atomic E-state index is 12.2. The number of hydrogen-bond donors (Lipinski definition) is 0. The summed E-state index contributed by atoms with van der Waals surface area (Å²) in [4.78, 5) is 4.70. The summed E-state index contributed by atoms with van der Waals surface area (Å²) in [5.41, 5.74) is 3.95. The third-order valence-electron chi connectivity index (χ3n) is 3.71. The Hall–Kier alpha value is -1.13. The van der Waals surface area contributed by atoms with Gasteiger partial charge in [0.1, 0.15) is 0 Å². The van der Waals surface area contributed by atoms with Crippen molar-refractivity contribution >= 4 is 43.8 Å². The molecule has 0 atom stereocenters. The van der Waals surface area contributed by atoms with Crippen molar-refractivity contribution in [1.29, 1.82) is 0 Å². The van der Waals surface area contributed by atoms with E-state index in [4.69, 9.17) is 4.99 Å². The van der Waals surface area contributed by atoms with Crippen LogP contribution in [0.1, 0.15) is 56.2 Å². The lowest BCUT2D eigenvalue weighted by molar-refractivity contribution is -0.269. The van der Waals surface area contributed by atoms with Crippen molar-refractivity contribution in [2.45, 2.75) is 39.5 Å². The van der Waals surface area contributed by atoms with Crippen LogP contribution in [-0.4, -0.2) is 6.21 Å². The lowest BCUT2D eigenvalue weighted by atomic mass is 9.93. The van der Waals surface area contributed by atoms with Crippen molar-refractivity contribution in [2.24, 2.45) is 4.99 Å². The highest BCUT2D eigenvalue weighted by atomic mass is 79.9. The standard InChI is InChI=1S/C19H21Br2NO/c1-11(2)15-6-5-7-16(12(3)4)18(15)22-10-13-8-14(20)9-17(21)19(13)23/h5-12,23H,1-4H3/p-1. The number of para-hydroxylation sites is 1. The highest BCUT2D eigenvalue weighted by Crippen LogP contribution is 2.35. The number of benzene rings is 2. The number of nitrogens with zero attached hydrogens (tertiary/aromatic N) is 1. The molecule has 0 aromatic heterocycles. The van der Waals surface area contributed by atoms with Gasteiger partial charge in [-0.25, -0.2) is 0 Å². The predicted molar refractivity (Wildman–Crippen MR) is 103 cm³/mol. The zero-order chi connectivity index (χ0) is 17.1. The third-order valence-corrected chi connectivity index (χ3v) is 4.76. The molecule has 0 N–H and O–H groups in total. The lowest BCUT2D eigenvalue weighted by Crippen LogP contribution is -1.99. The molecule has 2 rings (SSSR count). The molecule has 0 fully saturated rings. The van der Waals surface area contributed by atoms with E-state index in [1.807, 2.05) is 0 Å². The normalized spacial score (nSPS) is 11.8. The fraction of sp³-hybridized carbons (Fsp3) is 0.316. The Morgan fingerprint density at radius 1 is 1.00 bits per heavy atom. The molecule has 0 aliphatic carbocycles. The molecule has 0 bridgehead atoms. The molecule has 0 spiro atoms. The summed E-state index contributed by atoms with van der Waals surface area (Å²) in [7, 11) is 0. The summed E-state index contributed by atoms with van der Waals surface area (Å²) < 4.78 is 1.39. The summed E-state index contributed by atoms with van der Waals surface area (Å²) in [6.45, 7) is 8.64.